The van der Waals surface area contributed by atoms with Crippen molar-refractivity contribution in [2.24, 2.45) is 4.99 Å². The van der Waals surface area contributed by atoms with Crippen molar-refractivity contribution in [2.45, 2.75) is 19.8 Å². The largest absolute Gasteiger partial charge is 0.469 e. The van der Waals surface area contributed by atoms with Gasteiger partial charge in [-0.15, -0.1) is 30.6 Å². The smallest absolute Gasteiger partial charge is 0.191 e. The van der Waals surface area contributed by atoms with Crippen LogP contribution in [0.2, 0.25) is 0 Å². The molecular weight excluding hydrogens is 381 g/mol. The molecule has 0 aliphatic rings. The summed E-state index contributed by atoms with van der Waals surface area (Å²) < 4.78 is 10.6. The maximum absolute atomic E-state index is 5.29. The van der Waals surface area contributed by atoms with Gasteiger partial charge in [-0.1, -0.05) is 6.08 Å². The van der Waals surface area contributed by atoms with Crippen molar-refractivity contribution in [3.63, 3.8) is 0 Å². The molecule has 0 radical (unpaired) electrons. The monoisotopic (exact) mass is 407 g/mol. The lowest BCUT2D eigenvalue weighted by atomic mass is 10.3. The molecule has 0 unspecified atom stereocenters. The number of nitrogens with zero attached hydrogens (tertiary/aromatic N) is 1. The molecule has 0 aliphatic carbocycles. The number of ether oxygens (including phenoxy) is 1. The van der Waals surface area contributed by atoms with Crippen molar-refractivity contribution in [3.05, 3.63) is 36.8 Å². The molecule has 5 nitrogen and oxygen atoms in total. The van der Waals surface area contributed by atoms with E-state index in [2.05, 4.69) is 22.2 Å². The molecule has 1 aromatic heterocycles. The molecule has 2 N–H and O–H groups in total. The van der Waals surface area contributed by atoms with Gasteiger partial charge in [0.2, 0.25) is 0 Å². The molecule has 0 spiro atoms. The number of halogens is 1. The van der Waals surface area contributed by atoms with E-state index in [4.69, 9.17) is 9.15 Å². The summed E-state index contributed by atoms with van der Waals surface area (Å²) in [6.45, 7) is 9.41. The van der Waals surface area contributed by atoms with E-state index in [9.17, 15) is 0 Å². The number of guanidine groups is 1. The predicted octanol–water partition coefficient (Wildman–Crippen LogP) is 2.59. The van der Waals surface area contributed by atoms with Gasteiger partial charge in [0.05, 0.1) is 6.26 Å². The van der Waals surface area contributed by atoms with Crippen molar-refractivity contribution in [2.75, 3.05) is 32.8 Å². The lowest BCUT2D eigenvalue weighted by molar-refractivity contribution is 0.146. The molecule has 0 aromatic carbocycles. The summed E-state index contributed by atoms with van der Waals surface area (Å²) in [5.74, 6) is 1.77. The molecule has 1 heterocycles. The second kappa shape index (κ2) is 13.9. The third-order valence-electron chi connectivity index (χ3n) is 2.58. The molecule has 0 saturated carbocycles. The van der Waals surface area contributed by atoms with Gasteiger partial charge in [-0.2, -0.15) is 0 Å². The maximum Gasteiger partial charge on any atom is 0.191 e. The van der Waals surface area contributed by atoms with E-state index in [1.807, 2.05) is 25.1 Å². The average molecular weight is 407 g/mol. The summed E-state index contributed by atoms with van der Waals surface area (Å²) in [5.41, 5.74) is 0. The van der Waals surface area contributed by atoms with E-state index >= 15 is 0 Å². The van der Waals surface area contributed by atoms with Gasteiger partial charge in [-0.3, -0.25) is 4.99 Å². The first-order valence-corrected chi connectivity index (χ1v) is 7.10. The maximum atomic E-state index is 5.29. The minimum atomic E-state index is 0. The van der Waals surface area contributed by atoms with Crippen LogP contribution in [0.5, 0.6) is 0 Å². The highest BCUT2D eigenvalue weighted by atomic mass is 127. The van der Waals surface area contributed by atoms with E-state index < -0.39 is 0 Å². The summed E-state index contributed by atoms with van der Waals surface area (Å²) in [5, 5.41) is 6.46. The van der Waals surface area contributed by atoms with Gasteiger partial charge >= 0.3 is 0 Å². The van der Waals surface area contributed by atoms with Crippen molar-refractivity contribution in [1.29, 1.82) is 0 Å². The minimum Gasteiger partial charge on any atom is -0.469 e. The van der Waals surface area contributed by atoms with Crippen LogP contribution < -0.4 is 10.6 Å². The van der Waals surface area contributed by atoms with Gasteiger partial charge < -0.3 is 19.8 Å². The van der Waals surface area contributed by atoms with Crippen molar-refractivity contribution in [1.82, 2.24) is 10.6 Å². The number of furan rings is 1. The summed E-state index contributed by atoms with van der Waals surface area (Å²) in [7, 11) is 0. The van der Waals surface area contributed by atoms with E-state index in [0.717, 1.165) is 50.9 Å². The molecule has 6 heteroatoms. The Balaban J connectivity index is 0.00000400. The number of nitrogens with one attached hydrogen (secondary N) is 2. The molecule has 0 bridgehead atoms. The average Bonchev–Trinajstić information content (AvgIpc) is 2.97. The van der Waals surface area contributed by atoms with Crippen molar-refractivity contribution >= 4 is 29.9 Å². The fraction of sp³-hybridized carbons (Fsp3) is 0.533. The number of aliphatic imine (C=N–C) groups is 1. The lowest BCUT2D eigenvalue weighted by Crippen LogP contribution is -2.38. The van der Waals surface area contributed by atoms with E-state index in [1.165, 1.54) is 0 Å². The number of rotatable bonds is 10. The fourth-order valence-electron chi connectivity index (χ4n) is 1.60. The zero-order chi connectivity index (χ0) is 14.5. The normalized spacial score (nSPS) is 10.8. The highest BCUT2D eigenvalue weighted by Gasteiger charge is 1.99. The summed E-state index contributed by atoms with van der Waals surface area (Å²) in [4.78, 5) is 4.49. The van der Waals surface area contributed by atoms with Crippen LogP contribution in [0.4, 0.5) is 0 Å². The van der Waals surface area contributed by atoms with Gasteiger partial charge in [0, 0.05) is 39.3 Å². The van der Waals surface area contributed by atoms with Crippen LogP contribution in [0.1, 0.15) is 19.1 Å². The summed E-state index contributed by atoms with van der Waals surface area (Å²) >= 11 is 0. The molecule has 1 rings (SSSR count). The van der Waals surface area contributed by atoms with Gasteiger partial charge in [0.1, 0.15) is 5.76 Å². The minimum absolute atomic E-state index is 0. The third kappa shape index (κ3) is 10.4. The van der Waals surface area contributed by atoms with Crippen LogP contribution in [0.3, 0.4) is 0 Å². The van der Waals surface area contributed by atoms with Gasteiger partial charge in [0.25, 0.3) is 0 Å². The van der Waals surface area contributed by atoms with Gasteiger partial charge in [-0.25, -0.2) is 0 Å². The summed E-state index contributed by atoms with van der Waals surface area (Å²) in [6, 6.07) is 3.87. The third-order valence-corrected chi connectivity index (χ3v) is 2.58. The zero-order valence-electron chi connectivity index (χ0n) is 12.6. The first kappa shape index (κ1) is 20.0. The van der Waals surface area contributed by atoms with E-state index in [-0.39, 0.29) is 24.0 Å². The molecular formula is C15H26IN3O2. The first-order chi connectivity index (χ1) is 9.86. The summed E-state index contributed by atoms with van der Waals surface area (Å²) in [6.07, 6.45) is 5.26. The molecule has 0 amide bonds. The second-order valence-electron chi connectivity index (χ2n) is 4.21. The van der Waals surface area contributed by atoms with Crippen LogP contribution >= 0.6 is 24.0 Å². The highest BCUT2D eigenvalue weighted by molar-refractivity contribution is 14.0. The Morgan fingerprint density at radius 2 is 2.33 bits per heavy atom. The quantitative estimate of drug-likeness (QED) is 0.206. The van der Waals surface area contributed by atoms with Crippen LogP contribution in [0, 0.1) is 0 Å². The van der Waals surface area contributed by atoms with Crippen molar-refractivity contribution in [3.8, 4) is 0 Å². The molecule has 1 aromatic rings. The zero-order valence-corrected chi connectivity index (χ0v) is 15.0. The topological polar surface area (TPSA) is 58.8 Å². The first-order valence-electron chi connectivity index (χ1n) is 7.10. The second-order valence-corrected chi connectivity index (χ2v) is 4.21. The Morgan fingerprint density at radius 3 is 3.00 bits per heavy atom. The molecule has 0 fully saturated rings. The molecule has 0 atom stereocenters. The van der Waals surface area contributed by atoms with Crippen LogP contribution in [-0.2, 0) is 11.2 Å². The molecule has 21 heavy (non-hydrogen) atoms. The molecule has 120 valence electrons. The molecule has 0 saturated heterocycles. The highest BCUT2D eigenvalue weighted by Crippen LogP contribution is 1.99. The van der Waals surface area contributed by atoms with E-state index in [0.29, 0.717) is 6.54 Å². The Morgan fingerprint density at radius 1 is 1.48 bits per heavy atom. The number of hydrogen-bond donors (Lipinski definition) is 2. The van der Waals surface area contributed by atoms with Crippen molar-refractivity contribution < 1.29 is 9.15 Å². The van der Waals surface area contributed by atoms with Gasteiger partial charge in [-0.05, 0) is 25.5 Å². The lowest BCUT2D eigenvalue weighted by Gasteiger charge is -2.10. The van der Waals surface area contributed by atoms with E-state index in [1.54, 1.807) is 6.26 Å². The molecule has 0 aliphatic heterocycles. The Hall–Kier alpha value is -1.02. The Kier molecular flexibility index (Phi) is 13.3. The van der Waals surface area contributed by atoms with Gasteiger partial charge in [0.15, 0.2) is 5.96 Å². The fourth-order valence-corrected chi connectivity index (χ4v) is 1.60. The SMILES string of the molecule is C=CCNC(=NCCCOCC)NCCc1ccco1.I. The Labute approximate surface area is 144 Å². The predicted molar refractivity (Wildman–Crippen MR) is 97.4 cm³/mol. The van der Waals surface area contributed by atoms with Crippen LogP contribution in [-0.4, -0.2) is 38.8 Å². The van der Waals surface area contributed by atoms with Crippen LogP contribution in [0.25, 0.3) is 0 Å². The standard InChI is InChI=1S/C15H25N3O2.HI/c1-3-9-16-15(17-10-6-12-19-4-2)18-11-8-14-7-5-13-20-14;/h3,5,7,13H,1,4,6,8-12H2,2H3,(H2,16,17,18);1H. The van der Waals surface area contributed by atoms with Crippen LogP contribution in [0.15, 0.2) is 40.5 Å². The number of hydrogen-bond acceptors (Lipinski definition) is 3. The Bertz CT molecular complexity index is 380.